The first-order valence-corrected chi connectivity index (χ1v) is 6.15. The predicted molar refractivity (Wildman–Crippen MR) is 63.8 cm³/mol. The summed E-state index contributed by atoms with van der Waals surface area (Å²) in [5.74, 6) is 1.33. The van der Waals surface area contributed by atoms with Crippen molar-refractivity contribution in [1.29, 1.82) is 0 Å². The van der Waals surface area contributed by atoms with E-state index >= 15 is 0 Å². The normalized spacial score (nSPS) is 15.0. The van der Waals surface area contributed by atoms with Crippen molar-refractivity contribution in [2.24, 2.45) is 18.7 Å². The molecule has 2 N–H and O–H groups in total. The van der Waals surface area contributed by atoms with Gasteiger partial charge < -0.3 is 5.73 Å². The van der Waals surface area contributed by atoms with Gasteiger partial charge in [0.1, 0.15) is 0 Å². The van der Waals surface area contributed by atoms with Gasteiger partial charge in [-0.2, -0.15) is 4.80 Å². The Kier molecular flexibility index (Phi) is 5.38. The molecule has 16 heavy (non-hydrogen) atoms. The highest BCUT2D eigenvalue weighted by molar-refractivity contribution is 4.86. The second-order valence-electron chi connectivity index (χ2n) is 4.37. The fourth-order valence-electron chi connectivity index (χ4n) is 1.97. The zero-order valence-electron chi connectivity index (χ0n) is 10.6. The van der Waals surface area contributed by atoms with Gasteiger partial charge in [0.2, 0.25) is 0 Å². The van der Waals surface area contributed by atoms with Crippen LogP contribution >= 0.6 is 0 Å². The molecule has 5 heteroatoms. The molecular formula is C11H23N5. The fourth-order valence-corrected chi connectivity index (χ4v) is 1.97. The zero-order chi connectivity index (χ0) is 12.0. The van der Waals surface area contributed by atoms with Gasteiger partial charge in [-0.3, -0.25) is 0 Å². The first-order valence-electron chi connectivity index (χ1n) is 6.15. The van der Waals surface area contributed by atoms with Gasteiger partial charge >= 0.3 is 0 Å². The molecule has 0 aromatic carbocycles. The van der Waals surface area contributed by atoms with E-state index in [0.717, 1.165) is 18.7 Å². The van der Waals surface area contributed by atoms with Gasteiger partial charge in [-0.15, -0.1) is 10.2 Å². The molecular weight excluding hydrogens is 202 g/mol. The lowest BCUT2D eigenvalue weighted by molar-refractivity contribution is 0.364. The topological polar surface area (TPSA) is 69.6 Å². The molecule has 2 unspecified atom stereocenters. The number of rotatable bonds is 7. The van der Waals surface area contributed by atoms with Gasteiger partial charge in [0.25, 0.3) is 0 Å². The van der Waals surface area contributed by atoms with Crippen LogP contribution in [-0.4, -0.2) is 26.2 Å². The number of nitrogens with zero attached hydrogens (tertiary/aromatic N) is 4. The molecule has 0 aliphatic rings. The minimum Gasteiger partial charge on any atom is -0.327 e. The van der Waals surface area contributed by atoms with Crippen LogP contribution in [0.25, 0.3) is 0 Å². The number of hydrogen-bond donors (Lipinski definition) is 1. The summed E-state index contributed by atoms with van der Waals surface area (Å²) in [4.78, 5) is 1.48. The van der Waals surface area contributed by atoms with E-state index in [2.05, 4.69) is 29.3 Å². The Morgan fingerprint density at radius 2 is 2.12 bits per heavy atom. The molecule has 0 radical (unpaired) electrons. The summed E-state index contributed by atoms with van der Waals surface area (Å²) in [7, 11) is 1.77. The van der Waals surface area contributed by atoms with Crippen LogP contribution in [0, 0.1) is 5.92 Å². The highest BCUT2D eigenvalue weighted by Gasteiger charge is 2.17. The molecule has 1 heterocycles. The number of aryl methyl sites for hydroxylation is 1. The molecule has 0 bridgehead atoms. The molecule has 1 aromatic heterocycles. The summed E-state index contributed by atoms with van der Waals surface area (Å²) >= 11 is 0. The number of unbranched alkanes of at least 4 members (excludes halogenated alkanes) is 1. The van der Waals surface area contributed by atoms with Crippen LogP contribution in [0.1, 0.15) is 45.4 Å². The van der Waals surface area contributed by atoms with Gasteiger partial charge in [0.15, 0.2) is 5.82 Å². The lowest BCUT2D eigenvalue weighted by atomic mass is 9.90. The third-order valence-corrected chi connectivity index (χ3v) is 3.03. The molecule has 0 fully saturated rings. The van der Waals surface area contributed by atoms with E-state index < -0.39 is 0 Å². The van der Waals surface area contributed by atoms with Crippen molar-refractivity contribution in [2.45, 2.75) is 52.0 Å². The van der Waals surface area contributed by atoms with Crippen LogP contribution in [0.4, 0.5) is 0 Å². The van der Waals surface area contributed by atoms with Crippen LogP contribution in [0.15, 0.2) is 0 Å². The molecule has 0 aliphatic heterocycles. The maximum atomic E-state index is 6.19. The van der Waals surface area contributed by atoms with Crippen molar-refractivity contribution in [2.75, 3.05) is 0 Å². The van der Waals surface area contributed by atoms with Gasteiger partial charge in [-0.05, 0) is 17.6 Å². The number of aromatic nitrogens is 4. The van der Waals surface area contributed by atoms with E-state index in [0.29, 0.717) is 5.92 Å². The van der Waals surface area contributed by atoms with E-state index in [-0.39, 0.29) is 6.04 Å². The fraction of sp³-hybridized carbons (Fsp3) is 0.909. The van der Waals surface area contributed by atoms with Crippen LogP contribution < -0.4 is 5.73 Å². The average molecular weight is 225 g/mol. The van der Waals surface area contributed by atoms with E-state index in [1.807, 2.05) is 0 Å². The SMILES string of the molecule is CCCCC(CC)C(N)Cc1nnn(C)n1. The van der Waals surface area contributed by atoms with E-state index in [1.54, 1.807) is 7.05 Å². The molecule has 0 amide bonds. The molecule has 1 rings (SSSR count). The molecule has 0 saturated heterocycles. The number of hydrogen-bond acceptors (Lipinski definition) is 4. The molecule has 0 saturated carbocycles. The van der Waals surface area contributed by atoms with Gasteiger partial charge in [0.05, 0.1) is 7.05 Å². The zero-order valence-corrected chi connectivity index (χ0v) is 10.6. The van der Waals surface area contributed by atoms with Crippen molar-refractivity contribution in [3.8, 4) is 0 Å². The summed E-state index contributed by atoms with van der Waals surface area (Å²) in [6.45, 7) is 4.41. The van der Waals surface area contributed by atoms with Gasteiger partial charge in [-0.1, -0.05) is 33.1 Å². The molecule has 2 atom stereocenters. The second kappa shape index (κ2) is 6.58. The molecule has 0 spiro atoms. The van der Waals surface area contributed by atoms with Crippen LogP contribution in [0.5, 0.6) is 0 Å². The summed E-state index contributed by atoms with van der Waals surface area (Å²) in [5, 5.41) is 12.0. The molecule has 5 nitrogen and oxygen atoms in total. The largest absolute Gasteiger partial charge is 0.327 e. The average Bonchev–Trinajstić information content (AvgIpc) is 2.65. The summed E-state index contributed by atoms with van der Waals surface area (Å²) in [6, 6.07) is 0.153. The van der Waals surface area contributed by atoms with Crippen molar-refractivity contribution in [3.63, 3.8) is 0 Å². The summed E-state index contributed by atoms with van der Waals surface area (Å²) < 4.78 is 0. The minimum absolute atomic E-state index is 0.153. The predicted octanol–water partition coefficient (Wildman–Crippen LogP) is 1.30. The first-order chi connectivity index (χ1) is 7.67. The van der Waals surface area contributed by atoms with Crippen molar-refractivity contribution < 1.29 is 0 Å². The summed E-state index contributed by atoms with van der Waals surface area (Å²) in [5.41, 5.74) is 6.19. The quantitative estimate of drug-likeness (QED) is 0.759. The van der Waals surface area contributed by atoms with Crippen molar-refractivity contribution >= 4 is 0 Å². The number of tetrazole rings is 1. The number of nitrogens with two attached hydrogens (primary N) is 1. The van der Waals surface area contributed by atoms with Crippen LogP contribution in [0.2, 0.25) is 0 Å². The second-order valence-corrected chi connectivity index (χ2v) is 4.37. The van der Waals surface area contributed by atoms with Crippen LogP contribution in [0.3, 0.4) is 0 Å². The molecule has 0 aliphatic carbocycles. The minimum atomic E-state index is 0.153. The first kappa shape index (κ1) is 13.1. The maximum Gasteiger partial charge on any atom is 0.176 e. The van der Waals surface area contributed by atoms with Gasteiger partial charge in [-0.25, -0.2) is 0 Å². The third-order valence-electron chi connectivity index (χ3n) is 3.03. The monoisotopic (exact) mass is 225 g/mol. The third kappa shape index (κ3) is 3.89. The van der Waals surface area contributed by atoms with Gasteiger partial charge in [0, 0.05) is 12.5 Å². The Morgan fingerprint density at radius 1 is 1.38 bits per heavy atom. The highest BCUT2D eigenvalue weighted by atomic mass is 15.6. The molecule has 92 valence electrons. The Labute approximate surface area is 97.4 Å². The Balaban J connectivity index is 2.45. The highest BCUT2D eigenvalue weighted by Crippen LogP contribution is 2.17. The van der Waals surface area contributed by atoms with Crippen molar-refractivity contribution in [3.05, 3.63) is 5.82 Å². The Morgan fingerprint density at radius 3 is 2.62 bits per heavy atom. The lowest BCUT2D eigenvalue weighted by Gasteiger charge is -2.21. The summed E-state index contributed by atoms with van der Waals surface area (Å²) in [6.07, 6.45) is 5.54. The lowest BCUT2D eigenvalue weighted by Crippen LogP contribution is -2.32. The van der Waals surface area contributed by atoms with Crippen LogP contribution in [-0.2, 0) is 13.5 Å². The maximum absolute atomic E-state index is 6.19. The van der Waals surface area contributed by atoms with E-state index in [4.69, 9.17) is 5.73 Å². The smallest absolute Gasteiger partial charge is 0.176 e. The van der Waals surface area contributed by atoms with Crippen molar-refractivity contribution in [1.82, 2.24) is 20.2 Å². The standard InChI is InChI=1S/C11H23N5/c1-4-6-7-9(5-2)10(12)8-11-13-15-16(3)14-11/h9-10H,4-8,12H2,1-3H3. The van der Waals surface area contributed by atoms with E-state index in [1.165, 1.54) is 24.1 Å². The molecule has 1 aromatic rings. The van der Waals surface area contributed by atoms with E-state index in [9.17, 15) is 0 Å². The Hall–Kier alpha value is -0.970. The Bertz CT molecular complexity index is 296.